The fourth-order valence-electron chi connectivity index (χ4n) is 2.47. The fourth-order valence-corrected chi connectivity index (χ4v) is 2.47. The summed E-state index contributed by atoms with van der Waals surface area (Å²) in [5.74, 6) is 0.523. The van der Waals surface area contributed by atoms with E-state index in [-0.39, 0.29) is 5.79 Å². The molecule has 3 nitrogen and oxygen atoms in total. The molecule has 1 atom stereocenters. The second-order valence-electron chi connectivity index (χ2n) is 4.31. The van der Waals surface area contributed by atoms with E-state index in [2.05, 4.69) is 6.92 Å². The summed E-state index contributed by atoms with van der Waals surface area (Å²) in [7, 11) is 0. The Labute approximate surface area is 84.8 Å². The van der Waals surface area contributed by atoms with Gasteiger partial charge in [0, 0.05) is 19.3 Å². The van der Waals surface area contributed by atoms with E-state index in [1.807, 2.05) is 0 Å². The molecular weight excluding hydrogens is 180 g/mol. The first-order chi connectivity index (χ1) is 6.74. The maximum Gasteiger partial charge on any atom is 0.168 e. The van der Waals surface area contributed by atoms with E-state index in [1.165, 1.54) is 0 Å². The third-order valence-electron chi connectivity index (χ3n) is 3.30. The largest absolute Gasteiger partial charge is 0.348 e. The molecule has 0 unspecified atom stereocenters. The molecule has 0 aromatic carbocycles. The van der Waals surface area contributed by atoms with Gasteiger partial charge in [-0.25, -0.2) is 0 Å². The predicted molar refractivity (Wildman–Crippen MR) is 51.9 cm³/mol. The number of rotatable bonds is 3. The van der Waals surface area contributed by atoms with Crippen molar-refractivity contribution in [3.63, 3.8) is 0 Å². The van der Waals surface area contributed by atoms with Crippen molar-refractivity contribution in [2.24, 2.45) is 5.92 Å². The van der Waals surface area contributed by atoms with Crippen LogP contribution in [0.5, 0.6) is 0 Å². The molecule has 1 heterocycles. The van der Waals surface area contributed by atoms with Gasteiger partial charge >= 0.3 is 0 Å². The molecule has 0 radical (unpaired) electrons. The zero-order chi connectivity index (χ0) is 10.0. The van der Waals surface area contributed by atoms with Gasteiger partial charge in [-0.1, -0.05) is 6.92 Å². The van der Waals surface area contributed by atoms with E-state index in [0.717, 1.165) is 32.1 Å². The van der Waals surface area contributed by atoms with Crippen LogP contribution in [0.3, 0.4) is 0 Å². The Balaban J connectivity index is 1.91. The van der Waals surface area contributed by atoms with Crippen molar-refractivity contribution in [3.05, 3.63) is 0 Å². The molecule has 0 N–H and O–H groups in total. The minimum absolute atomic E-state index is 0.366. The highest BCUT2D eigenvalue weighted by atomic mass is 16.7. The molecule has 1 saturated heterocycles. The van der Waals surface area contributed by atoms with Crippen molar-refractivity contribution in [2.45, 2.75) is 44.8 Å². The van der Waals surface area contributed by atoms with Gasteiger partial charge in [0.1, 0.15) is 5.78 Å². The monoisotopic (exact) mass is 198 g/mol. The first-order valence-electron chi connectivity index (χ1n) is 5.54. The highest BCUT2D eigenvalue weighted by molar-refractivity contribution is 5.80. The fraction of sp³-hybridized carbons (Fsp3) is 0.909. The third-order valence-corrected chi connectivity index (χ3v) is 3.30. The van der Waals surface area contributed by atoms with Gasteiger partial charge in [0.15, 0.2) is 5.79 Å². The van der Waals surface area contributed by atoms with Crippen molar-refractivity contribution in [2.75, 3.05) is 13.2 Å². The maximum atomic E-state index is 11.1. The maximum absolute atomic E-state index is 11.1. The van der Waals surface area contributed by atoms with Crippen LogP contribution in [0.15, 0.2) is 0 Å². The Hall–Kier alpha value is -0.410. The molecule has 2 fully saturated rings. The van der Waals surface area contributed by atoms with Crippen molar-refractivity contribution in [3.8, 4) is 0 Å². The number of hydrogen-bond acceptors (Lipinski definition) is 3. The lowest BCUT2D eigenvalue weighted by molar-refractivity contribution is -0.171. The van der Waals surface area contributed by atoms with Gasteiger partial charge in [-0.3, -0.25) is 4.79 Å². The predicted octanol–water partition coefficient (Wildman–Crippen LogP) is 1.90. The highest BCUT2D eigenvalue weighted by Crippen LogP contribution is 2.36. The van der Waals surface area contributed by atoms with Crippen molar-refractivity contribution >= 4 is 5.78 Å². The molecule has 3 heteroatoms. The average molecular weight is 198 g/mol. The smallest absolute Gasteiger partial charge is 0.168 e. The molecule has 0 bridgehead atoms. The lowest BCUT2D eigenvalue weighted by atomic mass is 9.96. The first-order valence-corrected chi connectivity index (χ1v) is 5.54. The number of carbonyl (C=O) groups excluding carboxylic acids is 1. The Bertz CT molecular complexity index is 219. The summed E-state index contributed by atoms with van der Waals surface area (Å²) in [5.41, 5.74) is 0. The molecule has 0 aromatic rings. The van der Waals surface area contributed by atoms with Crippen LogP contribution in [0.1, 0.15) is 39.0 Å². The average Bonchev–Trinajstić information content (AvgIpc) is 2.77. The van der Waals surface area contributed by atoms with Gasteiger partial charge in [0.2, 0.25) is 0 Å². The van der Waals surface area contributed by atoms with E-state index in [9.17, 15) is 4.79 Å². The molecule has 80 valence electrons. The van der Waals surface area contributed by atoms with E-state index < -0.39 is 0 Å². The molecule has 0 amide bonds. The molecule has 2 aliphatic rings. The van der Waals surface area contributed by atoms with Crippen LogP contribution < -0.4 is 0 Å². The summed E-state index contributed by atoms with van der Waals surface area (Å²) >= 11 is 0. The minimum Gasteiger partial charge on any atom is -0.348 e. The van der Waals surface area contributed by atoms with Gasteiger partial charge in [-0.2, -0.15) is 0 Å². The van der Waals surface area contributed by atoms with Gasteiger partial charge in [-0.15, -0.1) is 0 Å². The standard InChI is InChI=1S/C11H18O3/c1-2-11(13-5-6-14-11)8-9-3-4-10(12)7-9/h9H,2-8H2,1H3/t9-/m0/s1. The Morgan fingerprint density at radius 3 is 2.64 bits per heavy atom. The molecule has 1 aliphatic carbocycles. The van der Waals surface area contributed by atoms with E-state index >= 15 is 0 Å². The zero-order valence-corrected chi connectivity index (χ0v) is 8.75. The van der Waals surface area contributed by atoms with Crippen LogP contribution in [0, 0.1) is 5.92 Å². The Morgan fingerprint density at radius 1 is 1.43 bits per heavy atom. The van der Waals surface area contributed by atoms with Crippen LogP contribution in [-0.4, -0.2) is 24.8 Å². The molecule has 0 spiro atoms. The number of Topliss-reactive ketones (excluding diaryl/α,β-unsaturated/α-hetero) is 1. The van der Waals surface area contributed by atoms with Crippen LogP contribution in [0.25, 0.3) is 0 Å². The van der Waals surface area contributed by atoms with Crippen LogP contribution in [-0.2, 0) is 14.3 Å². The molecule has 14 heavy (non-hydrogen) atoms. The number of ether oxygens (including phenoxy) is 2. The minimum atomic E-state index is -0.366. The van der Waals surface area contributed by atoms with E-state index in [0.29, 0.717) is 24.9 Å². The summed E-state index contributed by atoms with van der Waals surface area (Å²) in [5, 5.41) is 0. The normalized spacial score (nSPS) is 31.2. The third kappa shape index (κ3) is 1.98. The molecule has 1 saturated carbocycles. The van der Waals surface area contributed by atoms with Gasteiger partial charge in [0.25, 0.3) is 0 Å². The molecule has 0 aromatic heterocycles. The Morgan fingerprint density at radius 2 is 2.14 bits per heavy atom. The van der Waals surface area contributed by atoms with E-state index in [1.54, 1.807) is 0 Å². The topological polar surface area (TPSA) is 35.5 Å². The van der Waals surface area contributed by atoms with Gasteiger partial charge in [-0.05, 0) is 18.8 Å². The molecular formula is C11H18O3. The highest BCUT2D eigenvalue weighted by Gasteiger charge is 2.38. The van der Waals surface area contributed by atoms with Crippen LogP contribution in [0.2, 0.25) is 0 Å². The summed E-state index contributed by atoms with van der Waals surface area (Å²) in [4.78, 5) is 11.1. The summed E-state index contributed by atoms with van der Waals surface area (Å²) < 4.78 is 11.3. The molecule has 1 aliphatic heterocycles. The second kappa shape index (κ2) is 3.99. The van der Waals surface area contributed by atoms with Crippen LogP contribution >= 0.6 is 0 Å². The lowest BCUT2D eigenvalue weighted by Crippen LogP contribution is -2.31. The Kier molecular flexibility index (Phi) is 2.88. The number of hydrogen-bond donors (Lipinski definition) is 0. The lowest BCUT2D eigenvalue weighted by Gasteiger charge is -2.28. The molecule has 2 rings (SSSR count). The van der Waals surface area contributed by atoms with Crippen molar-refractivity contribution in [1.82, 2.24) is 0 Å². The van der Waals surface area contributed by atoms with Crippen LogP contribution in [0.4, 0.5) is 0 Å². The summed E-state index contributed by atoms with van der Waals surface area (Å²) in [6.45, 7) is 3.49. The van der Waals surface area contributed by atoms with Gasteiger partial charge < -0.3 is 9.47 Å². The quantitative estimate of drug-likeness (QED) is 0.694. The summed E-state index contributed by atoms with van der Waals surface area (Å²) in [6.07, 6.45) is 4.29. The summed E-state index contributed by atoms with van der Waals surface area (Å²) in [6, 6.07) is 0. The zero-order valence-electron chi connectivity index (χ0n) is 8.75. The number of ketones is 1. The van der Waals surface area contributed by atoms with Gasteiger partial charge in [0.05, 0.1) is 13.2 Å². The first kappa shape index (κ1) is 10.1. The SMILES string of the molecule is CCC1(C[C@H]2CCC(=O)C2)OCCO1. The second-order valence-corrected chi connectivity index (χ2v) is 4.31. The van der Waals surface area contributed by atoms with Crippen molar-refractivity contribution in [1.29, 1.82) is 0 Å². The number of carbonyl (C=O) groups is 1. The van der Waals surface area contributed by atoms with Crippen molar-refractivity contribution < 1.29 is 14.3 Å². The van der Waals surface area contributed by atoms with E-state index in [4.69, 9.17) is 9.47 Å².